The Morgan fingerprint density at radius 3 is 0.969 bits per heavy atom. The van der Waals surface area contributed by atoms with Gasteiger partial charge < -0.3 is 51.3 Å². The highest BCUT2D eigenvalue weighted by atomic mass is 16.5. The average molecular weight is 1310 g/mol. The second-order valence-corrected chi connectivity index (χ2v) is 25.4. The van der Waals surface area contributed by atoms with Gasteiger partial charge in [0.25, 0.3) is 0 Å². The van der Waals surface area contributed by atoms with Crippen LogP contribution >= 0.6 is 0 Å². The summed E-state index contributed by atoms with van der Waals surface area (Å²) in [6.45, 7) is 21.9. The van der Waals surface area contributed by atoms with E-state index in [2.05, 4.69) is 229 Å². The molecule has 0 unspecified atom stereocenters. The van der Waals surface area contributed by atoms with Crippen LogP contribution in [0.2, 0.25) is 0 Å². The number of aryl methyl sites for hydroxylation is 9. The van der Waals surface area contributed by atoms with Crippen LogP contribution in [0.3, 0.4) is 0 Å². The molecular weight excluding hydrogens is 1210 g/mol. The average Bonchev–Trinajstić information content (AvgIpc) is 1.78. The maximum atomic E-state index is 5.99. The molecule has 0 aliphatic carbocycles. The number of para-hydroxylation sites is 5. The van der Waals surface area contributed by atoms with Gasteiger partial charge in [-0.15, -0.1) is 0 Å². The summed E-state index contributed by atoms with van der Waals surface area (Å²) in [6, 6.07) is 63.3. The monoisotopic (exact) mass is 1310 g/mol. The molecule has 98 heavy (non-hydrogen) atoms. The van der Waals surface area contributed by atoms with Gasteiger partial charge in [0.05, 0.1) is 41.0 Å². The number of hydrogen-bond acceptors (Lipinski definition) is 6. The minimum absolute atomic E-state index is 0.596. The van der Waals surface area contributed by atoms with E-state index in [1.54, 1.807) is 21.3 Å². The molecule has 11 heteroatoms. The molecular formula is C87H103N5O6. The predicted octanol–water partition coefficient (Wildman–Crippen LogP) is 21.3. The number of rotatable bonds is 29. The lowest BCUT2D eigenvalue weighted by Gasteiger charge is -2.14. The molecule has 0 aliphatic heterocycles. The Kier molecular flexibility index (Phi) is 26.1. The zero-order chi connectivity index (χ0) is 68.6. The summed E-state index contributed by atoms with van der Waals surface area (Å²) in [4.78, 5) is 0. The number of fused-ring (bicyclic) bond motifs is 5. The van der Waals surface area contributed by atoms with Gasteiger partial charge in [0.15, 0.2) is 11.5 Å². The van der Waals surface area contributed by atoms with Gasteiger partial charge in [-0.1, -0.05) is 170 Å². The van der Waals surface area contributed by atoms with Crippen LogP contribution in [0.15, 0.2) is 213 Å². The first-order valence-electron chi connectivity index (χ1n) is 35.7. The Bertz CT molecular complexity index is 4510. The minimum atomic E-state index is 0.596. The molecule has 13 rings (SSSR count). The van der Waals surface area contributed by atoms with E-state index in [1.165, 1.54) is 107 Å². The quantitative estimate of drug-likeness (QED) is 0.0465. The fraction of sp³-hybridized carbons (Fsp3) is 0.333. The van der Waals surface area contributed by atoms with E-state index in [1.807, 2.05) is 55.5 Å². The summed E-state index contributed by atoms with van der Waals surface area (Å²) >= 11 is 0. The molecule has 5 aromatic heterocycles. The first-order valence-corrected chi connectivity index (χ1v) is 35.7. The Morgan fingerprint density at radius 2 is 0.633 bits per heavy atom. The van der Waals surface area contributed by atoms with E-state index < -0.39 is 0 Å². The van der Waals surface area contributed by atoms with Crippen molar-refractivity contribution in [3.8, 4) is 34.5 Å². The molecule has 0 N–H and O–H groups in total. The smallest absolute Gasteiger partial charge is 0.164 e. The molecule has 0 bridgehead atoms. The van der Waals surface area contributed by atoms with Gasteiger partial charge in [0.1, 0.15) is 42.8 Å². The molecule has 0 saturated carbocycles. The maximum absolute atomic E-state index is 5.99. The van der Waals surface area contributed by atoms with Crippen LogP contribution in [-0.4, -0.2) is 64.0 Å². The second-order valence-electron chi connectivity index (χ2n) is 25.4. The topological polar surface area (TPSA) is 80.0 Å². The molecule has 0 aliphatic rings. The fourth-order valence-corrected chi connectivity index (χ4v) is 13.7. The lowest BCUT2D eigenvalue weighted by molar-refractivity contribution is 0.295. The highest BCUT2D eigenvalue weighted by Gasteiger charge is 2.15. The van der Waals surface area contributed by atoms with Crippen molar-refractivity contribution in [3.05, 3.63) is 252 Å². The summed E-state index contributed by atoms with van der Waals surface area (Å²) < 4.78 is 45.5. The van der Waals surface area contributed by atoms with E-state index in [-0.39, 0.29) is 0 Å². The van der Waals surface area contributed by atoms with Gasteiger partial charge in [0.2, 0.25) is 0 Å². The molecule has 0 radical (unpaired) electrons. The van der Waals surface area contributed by atoms with E-state index in [4.69, 9.17) is 28.4 Å². The molecule has 0 atom stereocenters. The van der Waals surface area contributed by atoms with Crippen LogP contribution in [0.5, 0.6) is 34.5 Å². The van der Waals surface area contributed by atoms with Crippen LogP contribution in [0.4, 0.5) is 0 Å². The third kappa shape index (κ3) is 18.1. The van der Waals surface area contributed by atoms with Crippen LogP contribution in [0, 0.1) is 13.8 Å². The van der Waals surface area contributed by atoms with Crippen molar-refractivity contribution >= 4 is 54.5 Å². The van der Waals surface area contributed by atoms with E-state index in [0.717, 1.165) is 118 Å². The number of methoxy groups -OCH3 is 3. The van der Waals surface area contributed by atoms with Crippen molar-refractivity contribution in [2.24, 2.45) is 0 Å². The third-order valence-electron chi connectivity index (χ3n) is 18.2. The Hall–Kier alpha value is -9.74. The second kappa shape index (κ2) is 36.0. The SMILES string of the molecule is CCCc1cn(CCCn2cc(CCC)c3ccccc32)c2ccccc12.CCCc1cn(CCOc2cc(C)c(OC)c(OC)c2)c2ccccc12.CCCc1cn(CCOc2ccc(OC)cc2)c2ccccc12.CCCc1cn(CCOc2cccc(C)c2)c2ccccc12. The normalized spacial score (nSPS) is 11.1. The third-order valence-corrected chi connectivity index (χ3v) is 18.2. The Morgan fingerprint density at radius 1 is 0.296 bits per heavy atom. The summed E-state index contributed by atoms with van der Waals surface area (Å²) in [5.74, 6) is 4.91. The number of nitrogens with zero attached hydrogens (tertiary/aromatic N) is 5. The largest absolute Gasteiger partial charge is 0.497 e. The molecule has 13 aromatic rings. The minimum Gasteiger partial charge on any atom is -0.497 e. The molecule has 0 spiro atoms. The molecule has 11 nitrogen and oxygen atoms in total. The maximum Gasteiger partial charge on any atom is 0.164 e. The zero-order valence-corrected chi connectivity index (χ0v) is 59.8. The molecule has 0 fully saturated rings. The highest BCUT2D eigenvalue weighted by Crippen LogP contribution is 2.36. The van der Waals surface area contributed by atoms with Crippen molar-refractivity contribution in [1.29, 1.82) is 0 Å². The van der Waals surface area contributed by atoms with Crippen molar-refractivity contribution < 1.29 is 28.4 Å². The van der Waals surface area contributed by atoms with Gasteiger partial charge in [-0.3, -0.25) is 0 Å². The molecule has 5 heterocycles. The van der Waals surface area contributed by atoms with E-state index >= 15 is 0 Å². The van der Waals surface area contributed by atoms with Crippen LogP contribution in [0.1, 0.15) is 112 Å². The predicted molar refractivity (Wildman–Crippen MR) is 409 cm³/mol. The molecule has 512 valence electrons. The lowest BCUT2D eigenvalue weighted by Crippen LogP contribution is -2.07. The van der Waals surface area contributed by atoms with Crippen LogP contribution in [-0.2, 0) is 64.8 Å². The van der Waals surface area contributed by atoms with Crippen molar-refractivity contribution in [2.75, 3.05) is 41.2 Å². The highest BCUT2D eigenvalue weighted by molar-refractivity contribution is 5.87. The van der Waals surface area contributed by atoms with Gasteiger partial charge >= 0.3 is 0 Å². The number of benzene rings is 8. The van der Waals surface area contributed by atoms with Crippen LogP contribution < -0.4 is 28.4 Å². The van der Waals surface area contributed by atoms with E-state index in [0.29, 0.717) is 25.6 Å². The van der Waals surface area contributed by atoms with Crippen molar-refractivity contribution in [3.63, 3.8) is 0 Å². The summed E-state index contributed by atoms with van der Waals surface area (Å²) in [7, 11) is 4.96. The number of ether oxygens (including phenoxy) is 6. The summed E-state index contributed by atoms with van der Waals surface area (Å²) in [5, 5.41) is 6.93. The van der Waals surface area contributed by atoms with Crippen LogP contribution in [0.25, 0.3) is 54.5 Å². The number of aromatic nitrogens is 5. The van der Waals surface area contributed by atoms with Gasteiger partial charge in [0, 0.05) is 105 Å². The van der Waals surface area contributed by atoms with Gasteiger partial charge in [-0.25, -0.2) is 0 Å². The first-order chi connectivity index (χ1) is 48.1. The fourth-order valence-electron chi connectivity index (χ4n) is 13.7. The summed E-state index contributed by atoms with van der Waals surface area (Å²) in [5.41, 5.74) is 16.1. The van der Waals surface area contributed by atoms with Gasteiger partial charge in [-0.2, -0.15) is 0 Å². The van der Waals surface area contributed by atoms with Crippen molar-refractivity contribution in [2.45, 2.75) is 152 Å². The summed E-state index contributed by atoms with van der Waals surface area (Å²) in [6.07, 6.45) is 24.3. The molecule has 0 amide bonds. The lowest BCUT2D eigenvalue weighted by atomic mass is 10.1. The Balaban J connectivity index is 0.000000142. The standard InChI is InChI=1S/C25H30N2.C22H27NO3.C20H23NO2.C20H23NO/c1-3-10-20-18-26(24-14-7-5-12-22(20)24)16-9-17-27-19-21(11-4-2)23-13-6-8-15-25(23)27;1-5-8-17-15-23(20-10-7-6-9-19(17)20)11-12-26-18-13-16(2)22(25-4)21(14-18)24-3;1-3-6-16-15-21(20-8-5-4-7-19(16)20)13-14-23-18-11-9-17(22-2)10-12-18;1-3-7-17-15-21(20-11-5-4-10-19(17)20)12-13-22-18-9-6-8-16(2)14-18/h5-8,12-15,18-19H,3-4,9-11,16-17H2,1-2H3;6-7,9-10,13-15H,5,8,11-12H2,1-4H3;4-5,7-12,15H,3,6,13-14H2,1-2H3;4-6,8-11,14-15H,3,7,12-13H2,1-2H3. The molecule has 8 aromatic carbocycles. The van der Waals surface area contributed by atoms with Gasteiger partial charge in [-0.05, 0) is 164 Å². The first kappa shape index (κ1) is 71.0. The molecule has 0 saturated heterocycles. The van der Waals surface area contributed by atoms with Crippen molar-refractivity contribution in [1.82, 2.24) is 22.8 Å². The van der Waals surface area contributed by atoms with E-state index in [9.17, 15) is 0 Å². The zero-order valence-electron chi connectivity index (χ0n) is 59.8. The Labute approximate surface area is 582 Å². The number of hydrogen-bond donors (Lipinski definition) is 0.